The fourth-order valence-electron chi connectivity index (χ4n) is 0. The van der Waals surface area contributed by atoms with Crippen LogP contribution in [0.25, 0.3) is 5.73 Å². The molecule has 0 aliphatic carbocycles. The first-order valence-corrected chi connectivity index (χ1v) is 1.92. The molecule has 0 heterocycles. The summed E-state index contributed by atoms with van der Waals surface area (Å²) in [5.41, 5.74) is 6.66. The van der Waals surface area contributed by atoms with Crippen LogP contribution in [0.3, 0.4) is 0 Å². The van der Waals surface area contributed by atoms with E-state index in [2.05, 4.69) is 0 Å². The van der Waals surface area contributed by atoms with Gasteiger partial charge >= 0.3 is 29.6 Å². The molecular formula is C4H10NNa. The van der Waals surface area contributed by atoms with E-state index in [0.29, 0.717) is 12.5 Å². The maximum atomic E-state index is 6.66. The van der Waals surface area contributed by atoms with Crippen LogP contribution in [0.1, 0.15) is 13.8 Å². The van der Waals surface area contributed by atoms with E-state index < -0.39 is 0 Å². The minimum atomic E-state index is 0. The third kappa shape index (κ3) is 8.88. The topological polar surface area (TPSA) is 23.8 Å². The smallest absolute Gasteiger partial charge is 0.677 e. The van der Waals surface area contributed by atoms with Gasteiger partial charge in [-0.25, -0.2) is 0 Å². The standard InChI is InChI=1S/C4H10N.Na/c1-4(2)3-5;/h4-5H,3H2,1-2H3;/q-1;+1. The summed E-state index contributed by atoms with van der Waals surface area (Å²) in [6, 6.07) is 0. The van der Waals surface area contributed by atoms with Crippen molar-refractivity contribution in [2.75, 3.05) is 6.54 Å². The number of hydrogen-bond acceptors (Lipinski definition) is 0. The molecule has 0 atom stereocenters. The summed E-state index contributed by atoms with van der Waals surface area (Å²) in [5, 5.41) is 0. The van der Waals surface area contributed by atoms with Crippen LogP contribution in [-0.4, -0.2) is 6.54 Å². The molecule has 0 radical (unpaired) electrons. The Labute approximate surface area is 61.6 Å². The molecule has 0 spiro atoms. The quantitative estimate of drug-likeness (QED) is 0.361. The van der Waals surface area contributed by atoms with E-state index in [4.69, 9.17) is 5.73 Å². The molecule has 0 amide bonds. The van der Waals surface area contributed by atoms with E-state index in [0.717, 1.165) is 0 Å². The van der Waals surface area contributed by atoms with Crippen molar-refractivity contribution in [3.8, 4) is 0 Å². The summed E-state index contributed by atoms with van der Waals surface area (Å²) >= 11 is 0. The van der Waals surface area contributed by atoms with E-state index in [-0.39, 0.29) is 29.6 Å². The van der Waals surface area contributed by atoms with Crippen LogP contribution in [0.2, 0.25) is 0 Å². The van der Waals surface area contributed by atoms with Crippen molar-refractivity contribution in [2.24, 2.45) is 5.92 Å². The van der Waals surface area contributed by atoms with Crippen molar-refractivity contribution in [1.29, 1.82) is 0 Å². The first kappa shape index (κ1) is 10.0. The van der Waals surface area contributed by atoms with Gasteiger partial charge < -0.3 is 5.73 Å². The average molecular weight is 95.1 g/mol. The fraction of sp³-hybridized carbons (Fsp3) is 1.00. The van der Waals surface area contributed by atoms with Crippen molar-refractivity contribution < 1.29 is 29.6 Å². The number of nitrogens with one attached hydrogen (secondary N) is 1. The van der Waals surface area contributed by atoms with Crippen LogP contribution in [-0.2, 0) is 0 Å². The van der Waals surface area contributed by atoms with Crippen molar-refractivity contribution in [3.63, 3.8) is 0 Å². The normalized spacial score (nSPS) is 8.00. The van der Waals surface area contributed by atoms with Crippen LogP contribution >= 0.6 is 0 Å². The Morgan fingerprint density at radius 1 is 1.50 bits per heavy atom. The molecule has 0 rings (SSSR count). The second-order valence-electron chi connectivity index (χ2n) is 1.60. The SMILES string of the molecule is CC(C)C[NH-].[Na+]. The number of hydrogen-bond donors (Lipinski definition) is 0. The van der Waals surface area contributed by atoms with Gasteiger partial charge in [0.15, 0.2) is 0 Å². The van der Waals surface area contributed by atoms with E-state index >= 15 is 0 Å². The molecular weight excluding hydrogens is 85.0 g/mol. The number of rotatable bonds is 1. The van der Waals surface area contributed by atoms with Crippen molar-refractivity contribution in [3.05, 3.63) is 5.73 Å². The van der Waals surface area contributed by atoms with Gasteiger partial charge in [-0.3, -0.25) is 0 Å². The summed E-state index contributed by atoms with van der Waals surface area (Å²) in [4.78, 5) is 0. The molecule has 0 unspecified atom stereocenters. The van der Waals surface area contributed by atoms with E-state index in [9.17, 15) is 0 Å². The van der Waals surface area contributed by atoms with Crippen molar-refractivity contribution >= 4 is 0 Å². The first-order chi connectivity index (χ1) is 2.27. The van der Waals surface area contributed by atoms with Crippen LogP contribution < -0.4 is 29.6 Å². The largest absolute Gasteiger partial charge is 1.00 e. The maximum absolute atomic E-state index is 6.66. The van der Waals surface area contributed by atoms with Gasteiger partial charge in [0, 0.05) is 0 Å². The molecule has 0 fully saturated rings. The Balaban J connectivity index is 0. The van der Waals surface area contributed by atoms with Crippen molar-refractivity contribution in [2.45, 2.75) is 13.8 Å². The Morgan fingerprint density at radius 2 is 1.67 bits per heavy atom. The molecule has 0 aromatic carbocycles. The van der Waals surface area contributed by atoms with Gasteiger partial charge in [-0.05, 0) is 0 Å². The minimum Gasteiger partial charge on any atom is -0.677 e. The predicted octanol–water partition coefficient (Wildman–Crippen LogP) is -1.30. The van der Waals surface area contributed by atoms with E-state index in [1.54, 1.807) is 0 Å². The van der Waals surface area contributed by atoms with Crippen LogP contribution in [0.15, 0.2) is 0 Å². The fourth-order valence-corrected chi connectivity index (χ4v) is 0. The van der Waals surface area contributed by atoms with E-state index in [1.165, 1.54) is 0 Å². The second kappa shape index (κ2) is 5.96. The van der Waals surface area contributed by atoms with Crippen LogP contribution in [0.5, 0.6) is 0 Å². The Bertz CT molecular complexity index is 21.5. The summed E-state index contributed by atoms with van der Waals surface area (Å²) in [6.07, 6.45) is 0. The van der Waals surface area contributed by atoms with Gasteiger partial charge in [0.1, 0.15) is 0 Å². The molecule has 0 saturated carbocycles. The molecule has 32 valence electrons. The van der Waals surface area contributed by atoms with Gasteiger partial charge in [-0.15, -0.1) is 6.54 Å². The third-order valence-corrected chi connectivity index (χ3v) is 0.408. The molecule has 1 N–H and O–H groups in total. The van der Waals surface area contributed by atoms with Gasteiger partial charge in [-0.2, -0.15) is 0 Å². The Kier molecular flexibility index (Phi) is 9.98. The predicted molar refractivity (Wildman–Crippen MR) is 24.0 cm³/mol. The molecule has 6 heavy (non-hydrogen) atoms. The summed E-state index contributed by atoms with van der Waals surface area (Å²) in [6.45, 7) is 4.62. The minimum absolute atomic E-state index is 0. The molecule has 0 aliphatic rings. The molecule has 0 aromatic heterocycles. The van der Waals surface area contributed by atoms with E-state index in [1.807, 2.05) is 13.8 Å². The Hall–Kier alpha value is 0.960. The Morgan fingerprint density at radius 3 is 1.67 bits per heavy atom. The molecule has 0 saturated heterocycles. The molecule has 0 bridgehead atoms. The third-order valence-electron chi connectivity index (χ3n) is 0.408. The summed E-state index contributed by atoms with van der Waals surface area (Å²) in [7, 11) is 0. The van der Waals surface area contributed by atoms with Crippen molar-refractivity contribution in [1.82, 2.24) is 0 Å². The van der Waals surface area contributed by atoms with Gasteiger partial charge in [0.05, 0.1) is 0 Å². The molecule has 1 nitrogen and oxygen atoms in total. The zero-order chi connectivity index (χ0) is 4.28. The maximum Gasteiger partial charge on any atom is 1.00 e. The average Bonchev–Trinajstić information content (AvgIpc) is 1.38. The van der Waals surface area contributed by atoms with Gasteiger partial charge in [-0.1, -0.05) is 19.8 Å². The monoisotopic (exact) mass is 95.1 g/mol. The van der Waals surface area contributed by atoms with Crippen LogP contribution in [0.4, 0.5) is 0 Å². The summed E-state index contributed by atoms with van der Waals surface area (Å²) in [5.74, 6) is 0.551. The summed E-state index contributed by atoms with van der Waals surface area (Å²) < 4.78 is 0. The first-order valence-electron chi connectivity index (χ1n) is 1.92. The second-order valence-corrected chi connectivity index (χ2v) is 1.60. The molecule has 0 aliphatic heterocycles. The zero-order valence-corrected chi connectivity index (χ0v) is 6.78. The molecule has 2 heteroatoms. The van der Waals surface area contributed by atoms with Gasteiger partial charge in [0.2, 0.25) is 0 Å². The van der Waals surface area contributed by atoms with Gasteiger partial charge in [0.25, 0.3) is 0 Å². The zero-order valence-electron chi connectivity index (χ0n) is 4.78. The molecule has 0 aromatic rings. The van der Waals surface area contributed by atoms with Crippen LogP contribution in [0, 0.1) is 5.92 Å².